The van der Waals surface area contributed by atoms with Crippen LogP contribution in [0.25, 0.3) is 10.1 Å². The van der Waals surface area contributed by atoms with E-state index >= 15 is 0 Å². The molecule has 2 aromatic heterocycles. The van der Waals surface area contributed by atoms with Crippen LogP contribution in [-0.4, -0.2) is 49.2 Å². The Balaban J connectivity index is 1.34. The molecule has 0 bridgehead atoms. The maximum atomic E-state index is 10.6. The van der Waals surface area contributed by atoms with Crippen molar-refractivity contribution in [2.45, 2.75) is 31.4 Å². The number of benzene rings is 1. The first-order valence-electron chi connectivity index (χ1n) is 10.6. The molecular weight excluding hydrogens is 396 g/mol. The van der Waals surface area contributed by atoms with E-state index < -0.39 is 6.10 Å². The molecule has 1 aliphatic heterocycles. The highest BCUT2D eigenvalue weighted by atomic mass is 32.1. The highest BCUT2D eigenvalue weighted by Crippen LogP contribution is 2.29. The summed E-state index contributed by atoms with van der Waals surface area (Å²) in [7, 11) is 1.75. The molecule has 3 N–H and O–H groups in total. The lowest BCUT2D eigenvalue weighted by Crippen LogP contribution is -2.45. The van der Waals surface area contributed by atoms with Gasteiger partial charge in [-0.3, -0.25) is 9.89 Å². The number of guanidine groups is 1. The first-order valence-corrected chi connectivity index (χ1v) is 11.4. The summed E-state index contributed by atoms with van der Waals surface area (Å²) in [5, 5.41) is 18.5. The molecule has 0 aliphatic carbocycles. The van der Waals surface area contributed by atoms with E-state index in [4.69, 9.17) is 4.42 Å². The average molecular weight is 427 g/mol. The summed E-state index contributed by atoms with van der Waals surface area (Å²) in [5.74, 6) is 1.66. The lowest BCUT2D eigenvalue weighted by molar-refractivity contribution is 0.146. The number of furan rings is 1. The molecule has 3 aromatic rings. The molecule has 2 atom stereocenters. The van der Waals surface area contributed by atoms with E-state index in [1.807, 2.05) is 24.3 Å². The van der Waals surface area contributed by atoms with Gasteiger partial charge in [-0.15, -0.1) is 11.3 Å². The molecule has 30 heavy (non-hydrogen) atoms. The van der Waals surface area contributed by atoms with Crippen LogP contribution in [0.2, 0.25) is 0 Å². The van der Waals surface area contributed by atoms with E-state index in [-0.39, 0.29) is 6.04 Å². The van der Waals surface area contributed by atoms with Crippen molar-refractivity contribution in [3.05, 3.63) is 59.4 Å². The number of fused-ring (bicyclic) bond motifs is 1. The van der Waals surface area contributed by atoms with Crippen molar-refractivity contribution in [1.29, 1.82) is 0 Å². The molecule has 1 fully saturated rings. The van der Waals surface area contributed by atoms with Gasteiger partial charge in [0.2, 0.25) is 0 Å². The van der Waals surface area contributed by atoms with Gasteiger partial charge in [0, 0.05) is 29.7 Å². The molecule has 4 rings (SSSR count). The van der Waals surface area contributed by atoms with Gasteiger partial charge in [0.25, 0.3) is 0 Å². The van der Waals surface area contributed by atoms with E-state index in [1.165, 1.54) is 29.3 Å². The third-order valence-electron chi connectivity index (χ3n) is 5.63. The molecule has 0 amide bonds. The summed E-state index contributed by atoms with van der Waals surface area (Å²) in [5.41, 5.74) is 0. The number of nitrogens with zero attached hydrogens (tertiary/aromatic N) is 2. The molecule has 160 valence electrons. The first-order chi connectivity index (χ1) is 14.7. The monoisotopic (exact) mass is 426 g/mol. The van der Waals surface area contributed by atoms with Gasteiger partial charge in [-0.1, -0.05) is 24.6 Å². The molecule has 1 aromatic carbocycles. The van der Waals surface area contributed by atoms with Gasteiger partial charge in [-0.2, -0.15) is 0 Å². The number of likely N-dealkylation sites (tertiary alicyclic amines) is 1. The minimum atomic E-state index is -0.580. The Hall–Kier alpha value is -2.35. The third kappa shape index (κ3) is 5.03. The minimum Gasteiger partial charge on any atom is -0.468 e. The average Bonchev–Trinajstić information content (AvgIpc) is 3.46. The first kappa shape index (κ1) is 20.9. The van der Waals surface area contributed by atoms with Crippen molar-refractivity contribution in [3.8, 4) is 0 Å². The number of rotatable bonds is 7. The van der Waals surface area contributed by atoms with E-state index in [0.29, 0.717) is 19.0 Å². The fraction of sp³-hybridized carbons (Fsp3) is 0.435. The second kappa shape index (κ2) is 10.1. The van der Waals surface area contributed by atoms with Crippen LogP contribution < -0.4 is 10.6 Å². The lowest BCUT2D eigenvalue weighted by atomic mass is 10.1. The normalized spacial score (nSPS) is 17.7. The Bertz CT molecular complexity index is 914. The Morgan fingerprint density at radius 3 is 2.67 bits per heavy atom. The zero-order valence-corrected chi connectivity index (χ0v) is 18.2. The standard InChI is InChI=1S/C23H30N4O2S/c1-24-23(26-16-19(28)22-14-17-8-3-4-10-21(17)30-22)25-15-18(20-9-7-13-29-20)27-11-5-2-6-12-27/h3-4,7-10,13-14,18-19,28H,2,5-6,11-12,15-16H2,1H3,(H2,24,25,26). The van der Waals surface area contributed by atoms with Crippen LogP contribution in [0.3, 0.4) is 0 Å². The van der Waals surface area contributed by atoms with Gasteiger partial charge < -0.3 is 20.2 Å². The van der Waals surface area contributed by atoms with Crippen LogP contribution in [0.15, 0.2) is 58.1 Å². The van der Waals surface area contributed by atoms with Gasteiger partial charge in [0.05, 0.1) is 12.3 Å². The van der Waals surface area contributed by atoms with Crippen molar-refractivity contribution in [1.82, 2.24) is 15.5 Å². The number of aliphatic imine (C=N–C) groups is 1. The fourth-order valence-corrected chi connectivity index (χ4v) is 5.05. The molecule has 0 spiro atoms. The van der Waals surface area contributed by atoms with Gasteiger partial charge in [-0.05, 0) is 55.6 Å². The number of aliphatic hydroxyl groups excluding tert-OH is 1. The van der Waals surface area contributed by atoms with Gasteiger partial charge in [0.15, 0.2) is 5.96 Å². The van der Waals surface area contributed by atoms with Crippen molar-refractivity contribution in [2.24, 2.45) is 4.99 Å². The van der Waals surface area contributed by atoms with Crippen LogP contribution in [0.5, 0.6) is 0 Å². The van der Waals surface area contributed by atoms with Crippen molar-refractivity contribution in [3.63, 3.8) is 0 Å². The molecule has 1 saturated heterocycles. The van der Waals surface area contributed by atoms with E-state index in [1.54, 1.807) is 24.6 Å². The summed E-state index contributed by atoms with van der Waals surface area (Å²) in [6.45, 7) is 3.28. The van der Waals surface area contributed by atoms with Crippen LogP contribution in [0.4, 0.5) is 0 Å². The van der Waals surface area contributed by atoms with Crippen LogP contribution in [-0.2, 0) is 0 Å². The third-order valence-corrected chi connectivity index (χ3v) is 6.84. The number of thiophene rings is 1. The van der Waals surface area contributed by atoms with E-state index in [0.717, 1.165) is 23.7 Å². The molecule has 0 radical (unpaired) electrons. The fourth-order valence-electron chi connectivity index (χ4n) is 4.00. The smallest absolute Gasteiger partial charge is 0.191 e. The summed E-state index contributed by atoms with van der Waals surface area (Å²) in [6.07, 6.45) is 4.91. The van der Waals surface area contributed by atoms with Crippen molar-refractivity contribution in [2.75, 3.05) is 33.2 Å². The van der Waals surface area contributed by atoms with Gasteiger partial charge in [-0.25, -0.2) is 0 Å². The maximum absolute atomic E-state index is 10.6. The predicted molar refractivity (Wildman–Crippen MR) is 123 cm³/mol. The molecule has 2 unspecified atom stereocenters. The molecule has 3 heterocycles. The number of piperidine rings is 1. The Morgan fingerprint density at radius 1 is 1.13 bits per heavy atom. The van der Waals surface area contributed by atoms with E-state index in [2.05, 4.69) is 38.7 Å². The van der Waals surface area contributed by atoms with Crippen LogP contribution in [0, 0.1) is 0 Å². The summed E-state index contributed by atoms with van der Waals surface area (Å²) < 4.78 is 6.91. The van der Waals surface area contributed by atoms with Gasteiger partial charge >= 0.3 is 0 Å². The molecule has 6 nitrogen and oxygen atoms in total. The quantitative estimate of drug-likeness (QED) is 0.394. The van der Waals surface area contributed by atoms with Crippen LogP contribution in [0.1, 0.15) is 42.0 Å². The van der Waals surface area contributed by atoms with Gasteiger partial charge in [0.1, 0.15) is 11.9 Å². The number of hydrogen-bond donors (Lipinski definition) is 3. The number of aliphatic hydroxyl groups is 1. The predicted octanol–water partition coefficient (Wildman–Crippen LogP) is 3.92. The number of hydrogen-bond acceptors (Lipinski definition) is 5. The van der Waals surface area contributed by atoms with Crippen molar-refractivity contribution >= 4 is 27.4 Å². The minimum absolute atomic E-state index is 0.173. The number of nitrogens with one attached hydrogen (secondary N) is 2. The summed E-state index contributed by atoms with van der Waals surface area (Å²) >= 11 is 1.63. The highest BCUT2D eigenvalue weighted by molar-refractivity contribution is 7.19. The zero-order chi connectivity index (χ0) is 20.8. The molecule has 1 aliphatic rings. The Kier molecular flexibility index (Phi) is 7.04. The van der Waals surface area contributed by atoms with Crippen LogP contribution >= 0.6 is 11.3 Å². The topological polar surface area (TPSA) is 73.0 Å². The highest BCUT2D eigenvalue weighted by Gasteiger charge is 2.24. The van der Waals surface area contributed by atoms with E-state index in [9.17, 15) is 5.11 Å². The lowest BCUT2D eigenvalue weighted by Gasteiger charge is -2.33. The summed E-state index contributed by atoms with van der Waals surface area (Å²) in [4.78, 5) is 7.77. The second-order valence-electron chi connectivity index (χ2n) is 7.66. The summed E-state index contributed by atoms with van der Waals surface area (Å²) in [6, 6.07) is 14.4. The Morgan fingerprint density at radius 2 is 1.93 bits per heavy atom. The second-order valence-corrected chi connectivity index (χ2v) is 8.78. The Labute approximate surface area is 181 Å². The molecular formula is C23H30N4O2S. The zero-order valence-electron chi connectivity index (χ0n) is 17.4. The molecule has 0 saturated carbocycles. The largest absolute Gasteiger partial charge is 0.468 e. The maximum Gasteiger partial charge on any atom is 0.191 e. The molecule has 7 heteroatoms. The SMILES string of the molecule is CN=C(NCC(O)c1cc2ccccc2s1)NCC(c1ccco1)N1CCCCC1. The van der Waals surface area contributed by atoms with Crippen molar-refractivity contribution < 1.29 is 9.52 Å².